The third-order valence-electron chi connectivity index (χ3n) is 7.22. The zero-order valence-corrected chi connectivity index (χ0v) is 24.4. The van der Waals surface area contributed by atoms with Crippen molar-refractivity contribution in [3.8, 4) is 22.6 Å². The van der Waals surface area contributed by atoms with Gasteiger partial charge in [0.15, 0.2) is 9.84 Å². The first kappa shape index (κ1) is 28.6. The number of sulfone groups is 1. The number of rotatable bonds is 8. The number of para-hydroxylation sites is 1. The third kappa shape index (κ3) is 5.92. The van der Waals surface area contributed by atoms with Gasteiger partial charge < -0.3 is 24.3 Å². The van der Waals surface area contributed by atoms with E-state index in [9.17, 15) is 18.0 Å². The number of carbonyl (C=O) groups excluding carboxylic acids is 1. The third-order valence-corrected chi connectivity index (χ3v) is 8.33. The Morgan fingerprint density at radius 3 is 2.59 bits per heavy atom. The number of aromatic amines is 1. The number of nitrogens with zero attached hydrogens (tertiary/aromatic N) is 2. The maximum absolute atomic E-state index is 13.0. The average molecular weight is 579 g/mol. The molecule has 0 spiro atoms. The first-order valence-electron chi connectivity index (χ1n) is 13.5. The Labute approximate surface area is 238 Å². The van der Waals surface area contributed by atoms with E-state index in [-0.39, 0.29) is 27.6 Å². The molecular formula is C30H34N4O6S. The minimum atomic E-state index is -3.56. The summed E-state index contributed by atoms with van der Waals surface area (Å²) < 4.78 is 38.7. The van der Waals surface area contributed by atoms with Gasteiger partial charge in [-0.25, -0.2) is 8.42 Å². The Morgan fingerprint density at radius 1 is 1.12 bits per heavy atom. The number of H-pyrrole nitrogens is 1. The molecule has 0 aliphatic carbocycles. The van der Waals surface area contributed by atoms with Gasteiger partial charge in [0.25, 0.3) is 11.5 Å². The molecule has 0 unspecified atom stereocenters. The summed E-state index contributed by atoms with van der Waals surface area (Å²) in [5.74, 6) is 0.770. The van der Waals surface area contributed by atoms with Gasteiger partial charge >= 0.3 is 0 Å². The molecular weight excluding hydrogens is 544 g/mol. The highest BCUT2D eigenvalue weighted by molar-refractivity contribution is 7.90. The van der Waals surface area contributed by atoms with E-state index in [0.29, 0.717) is 54.3 Å². The second-order valence-electron chi connectivity index (χ2n) is 10.3. The number of morpholine rings is 1. The molecule has 1 aliphatic rings. The van der Waals surface area contributed by atoms with Crippen LogP contribution in [0.5, 0.6) is 11.5 Å². The highest BCUT2D eigenvalue weighted by atomic mass is 32.2. The summed E-state index contributed by atoms with van der Waals surface area (Å²) in [6.45, 7) is 7.87. The summed E-state index contributed by atoms with van der Waals surface area (Å²) in [5, 5.41) is 3.23. The molecule has 11 heteroatoms. The van der Waals surface area contributed by atoms with Crippen LogP contribution in [0.15, 0.2) is 58.4 Å². The molecule has 2 aromatic carbocycles. The van der Waals surface area contributed by atoms with Gasteiger partial charge in [0.05, 0.1) is 18.1 Å². The molecule has 3 heterocycles. The SMILES string of the molecule is CCNC(=O)c1cc2c(-c3cc(S(C)(=O)=O)ccc3Oc3c(C)cccc3CN3CCOCC3)cn(C)c(=O)c2[nH]1. The van der Waals surface area contributed by atoms with Gasteiger partial charge in [-0.05, 0) is 43.7 Å². The second-order valence-corrected chi connectivity index (χ2v) is 12.3. The van der Waals surface area contributed by atoms with Gasteiger partial charge in [0, 0.05) is 67.8 Å². The highest BCUT2D eigenvalue weighted by Crippen LogP contribution is 2.40. The van der Waals surface area contributed by atoms with Gasteiger partial charge in [-0.15, -0.1) is 0 Å². The number of fused-ring (bicyclic) bond motifs is 1. The molecule has 1 fully saturated rings. The normalized spacial score (nSPS) is 14.3. The topological polar surface area (TPSA) is 123 Å². The van der Waals surface area contributed by atoms with Gasteiger partial charge in [0.1, 0.15) is 22.7 Å². The van der Waals surface area contributed by atoms with Crippen molar-refractivity contribution in [3.63, 3.8) is 0 Å². The molecule has 41 heavy (non-hydrogen) atoms. The van der Waals surface area contributed by atoms with Crippen molar-refractivity contribution < 1.29 is 22.7 Å². The van der Waals surface area contributed by atoms with E-state index in [2.05, 4.69) is 15.2 Å². The van der Waals surface area contributed by atoms with Crippen LogP contribution >= 0.6 is 0 Å². The van der Waals surface area contributed by atoms with E-state index in [4.69, 9.17) is 9.47 Å². The van der Waals surface area contributed by atoms with E-state index >= 15 is 0 Å². The quantitative estimate of drug-likeness (QED) is 0.327. The van der Waals surface area contributed by atoms with E-state index in [0.717, 1.165) is 30.5 Å². The Hall–Kier alpha value is -3.93. The lowest BCUT2D eigenvalue weighted by Gasteiger charge is -2.27. The van der Waals surface area contributed by atoms with Crippen molar-refractivity contribution in [1.82, 2.24) is 19.8 Å². The number of carbonyl (C=O) groups is 1. The monoisotopic (exact) mass is 578 g/mol. The molecule has 1 aliphatic heterocycles. The maximum Gasteiger partial charge on any atom is 0.274 e. The van der Waals surface area contributed by atoms with Crippen molar-refractivity contribution >= 4 is 26.6 Å². The number of pyridine rings is 1. The highest BCUT2D eigenvalue weighted by Gasteiger charge is 2.22. The van der Waals surface area contributed by atoms with Gasteiger partial charge in [-0.2, -0.15) is 0 Å². The van der Waals surface area contributed by atoms with Gasteiger partial charge in [-0.3, -0.25) is 14.5 Å². The first-order valence-corrected chi connectivity index (χ1v) is 15.4. The van der Waals surface area contributed by atoms with Crippen molar-refractivity contribution in [3.05, 3.63) is 75.8 Å². The van der Waals surface area contributed by atoms with Gasteiger partial charge in [0.2, 0.25) is 0 Å². The summed E-state index contributed by atoms with van der Waals surface area (Å²) in [4.78, 5) is 31.0. The summed E-state index contributed by atoms with van der Waals surface area (Å²) in [7, 11) is -1.95. The van der Waals surface area contributed by atoms with E-state index < -0.39 is 9.84 Å². The molecule has 2 aromatic heterocycles. The number of ether oxygens (including phenoxy) is 2. The number of benzene rings is 2. The maximum atomic E-state index is 13.0. The Balaban J connectivity index is 1.68. The Morgan fingerprint density at radius 2 is 1.88 bits per heavy atom. The van der Waals surface area contributed by atoms with Crippen molar-refractivity contribution in [2.24, 2.45) is 7.05 Å². The van der Waals surface area contributed by atoms with Crippen LogP contribution in [0.1, 0.15) is 28.5 Å². The zero-order chi connectivity index (χ0) is 29.3. The first-order chi connectivity index (χ1) is 19.6. The minimum Gasteiger partial charge on any atom is -0.456 e. The summed E-state index contributed by atoms with van der Waals surface area (Å²) in [6.07, 6.45) is 2.79. The van der Waals surface area contributed by atoms with E-state index in [1.807, 2.05) is 32.0 Å². The summed E-state index contributed by atoms with van der Waals surface area (Å²) in [5.41, 5.74) is 3.13. The molecule has 0 bridgehead atoms. The minimum absolute atomic E-state index is 0.111. The molecule has 10 nitrogen and oxygen atoms in total. The second kappa shape index (κ2) is 11.5. The lowest BCUT2D eigenvalue weighted by Crippen LogP contribution is -2.35. The molecule has 1 amide bonds. The molecule has 2 N–H and O–H groups in total. The number of hydrogen-bond donors (Lipinski definition) is 2. The molecule has 0 radical (unpaired) electrons. The predicted molar refractivity (Wildman–Crippen MR) is 157 cm³/mol. The molecule has 4 aromatic rings. The molecule has 5 rings (SSSR count). The van der Waals surface area contributed by atoms with Crippen LogP contribution in [-0.4, -0.2) is 67.9 Å². The van der Waals surface area contributed by atoms with Crippen LogP contribution in [0.4, 0.5) is 0 Å². The predicted octanol–water partition coefficient (Wildman–Crippen LogP) is 3.62. The standard InChI is InChI=1S/C30H34N4O6S/c1-5-31-29(35)25-16-23-24(18-33(3)30(36)27(23)32-25)22-15-21(41(4,37)38)9-10-26(22)40-28-19(2)7-6-8-20(28)17-34-11-13-39-14-12-34/h6-10,15-16,18,32H,5,11-14,17H2,1-4H3,(H,31,35). The number of amides is 1. The summed E-state index contributed by atoms with van der Waals surface area (Å²) in [6, 6.07) is 12.3. The Bertz CT molecular complexity index is 1780. The van der Waals surface area contributed by atoms with E-state index in [1.54, 1.807) is 31.4 Å². The largest absolute Gasteiger partial charge is 0.456 e. The number of aromatic nitrogens is 2. The fraction of sp³-hybridized carbons (Fsp3) is 0.333. The summed E-state index contributed by atoms with van der Waals surface area (Å²) >= 11 is 0. The number of aryl methyl sites for hydroxylation is 2. The Kier molecular flexibility index (Phi) is 8.03. The van der Waals surface area contributed by atoms with Crippen LogP contribution in [0.2, 0.25) is 0 Å². The molecule has 1 saturated heterocycles. The van der Waals surface area contributed by atoms with Crippen LogP contribution < -0.4 is 15.6 Å². The average Bonchev–Trinajstić information content (AvgIpc) is 3.39. The lowest BCUT2D eigenvalue weighted by atomic mass is 10.0. The van der Waals surface area contributed by atoms with Gasteiger partial charge in [-0.1, -0.05) is 18.2 Å². The smallest absolute Gasteiger partial charge is 0.274 e. The molecule has 216 valence electrons. The van der Waals surface area contributed by atoms with Crippen molar-refractivity contribution in [2.75, 3.05) is 39.1 Å². The lowest BCUT2D eigenvalue weighted by molar-refractivity contribution is 0.0339. The van der Waals surface area contributed by atoms with Crippen LogP contribution in [0.3, 0.4) is 0 Å². The van der Waals surface area contributed by atoms with Crippen LogP contribution in [0.25, 0.3) is 22.0 Å². The number of nitrogens with one attached hydrogen (secondary N) is 2. The zero-order valence-electron chi connectivity index (χ0n) is 23.6. The molecule has 0 atom stereocenters. The molecule has 0 saturated carbocycles. The number of hydrogen-bond acceptors (Lipinski definition) is 7. The fourth-order valence-electron chi connectivity index (χ4n) is 5.06. The van der Waals surface area contributed by atoms with E-state index in [1.165, 1.54) is 10.6 Å². The van der Waals surface area contributed by atoms with Crippen LogP contribution in [0, 0.1) is 6.92 Å². The van der Waals surface area contributed by atoms with Crippen molar-refractivity contribution in [2.45, 2.75) is 25.3 Å². The van der Waals surface area contributed by atoms with Crippen LogP contribution in [-0.2, 0) is 28.2 Å². The fourth-order valence-corrected chi connectivity index (χ4v) is 5.71. The van der Waals surface area contributed by atoms with Crippen molar-refractivity contribution in [1.29, 1.82) is 0 Å².